The SMILES string of the molecule is Cc1cc(C#N)cc(C(F)(F)F)c1.Cc1cc(C(N)=S)cc(C(F)(F)F)c1. The van der Waals surface area contributed by atoms with Gasteiger partial charge in [0.15, 0.2) is 0 Å². The molecule has 0 amide bonds. The summed E-state index contributed by atoms with van der Waals surface area (Å²) in [5, 5.41) is 8.43. The monoisotopic (exact) mass is 404 g/mol. The van der Waals surface area contributed by atoms with Gasteiger partial charge in [-0.3, -0.25) is 0 Å². The molecule has 0 aliphatic carbocycles. The standard InChI is InChI=1S/C9H8F3NS.C9H6F3N/c1-5-2-6(8(13)14)4-7(3-5)9(10,11)12;1-6-2-7(5-13)4-8(3-6)9(10,11)12/h2-4H,1H3,(H2,13,14);2-4H,1H3. The molecule has 0 saturated heterocycles. The fraction of sp³-hybridized carbons (Fsp3) is 0.222. The third-order valence-electron chi connectivity index (χ3n) is 3.22. The van der Waals surface area contributed by atoms with E-state index in [9.17, 15) is 26.3 Å². The molecule has 2 aromatic rings. The fourth-order valence-electron chi connectivity index (χ4n) is 2.10. The molecule has 0 unspecified atom stereocenters. The van der Waals surface area contributed by atoms with Crippen molar-refractivity contribution in [3.8, 4) is 6.07 Å². The Balaban J connectivity index is 0.000000271. The first kappa shape index (κ1) is 22.4. The number of rotatable bonds is 1. The first-order valence-electron chi connectivity index (χ1n) is 7.31. The molecule has 0 spiro atoms. The Morgan fingerprint density at radius 1 is 0.852 bits per heavy atom. The molecular formula is C18H14F6N2S. The van der Waals surface area contributed by atoms with Gasteiger partial charge in [0.25, 0.3) is 0 Å². The molecule has 0 aromatic heterocycles. The van der Waals surface area contributed by atoms with E-state index in [2.05, 4.69) is 12.2 Å². The van der Waals surface area contributed by atoms with Crippen LogP contribution in [-0.2, 0) is 12.4 Å². The van der Waals surface area contributed by atoms with Crippen LogP contribution < -0.4 is 5.73 Å². The van der Waals surface area contributed by atoms with Crippen LogP contribution in [0.25, 0.3) is 0 Å². The number of benzene rings is 2. The number of nitriles is 1. The maximum atomic E-state index is 12.3. The summed E-state index contributed by atoms with van der Waals surface area (Å²) in [6.07, 6.45) is -8.73. The Hall–Kier alpha value is -2.60. The van der Waals surface area contributed by atoms with Crippen molar-refractivity contribution in [1.82, 2.24) is 0 Å². The van der Waals surface area contributed by atoms with Crippen molar-refractivity contribution < 1.29 is 26.3 Å². The van der Waals surface area contributed by atoms with E-state index in [0.717, 1.165) is 24.3 Å². The summed E-state index contributed by atoms with van der Waals surface area (Å²) in [5.41, 5.74) is 4.97. The lowest BCUT2D eigenvalue weighted by molar-refractivity contribution is -0.138. The smallest absolute Gasteiger partial charge is 0.389 e. The van der Waals surface area contributed by atoms with E-state index in [1.807, 2.05) is 0 Å². The van der Waals surface area contributed by atoms with Gasteiger partial charge in [0.2, 0.25) is 0 Å². The van der Waals surface area contributed by atoms with Crippen LogP contribution in [0.2, 0.25) is 0 Å². The van der Waals surface area contributed by atoms with Crippen LogP contribution in [0.1, 0.15) is 33.4 Å². The molecule has 0 saturated carbocycles. The highest BCUT2D eigenvalue weighted by Crippen LogP contribution is 2.31. The van der Waals surface area contributed by atoms with Crippen LogP contribution in [0.15, 0.2) is 36.4 Å². The van der Waals surface area contributed by atoms with E-state index in [4.69, 9.17) is 11.0 Å². The van der Waals surface area contributed by atoms with Crippen LogP contribution in [0.5, 0.6) is 0 Å². The second kappa shape index (κ2) is 8.39. The van der Waals surface area contributed by atoms with E-state index in [1.165, 1.54) is 19.1 Å². The second-order valence-electron chi connectivity index (χ2n) is 5.65. The average Bonchev–Trinajstić information content (AvgIpc) is 2.52. The normalized spacial score (nSPS) is 11.2. The van der Waals surface area contributed by atoms with Crippen LogP contribution in [0.3, 0.4) is 0 Å². The van der Waals surface area contributed by atoms with Gasteiger partial charge in [0, 0.05) is 5.56 Å². The van der Waals surface area contributed by atoms with Gasteiger partial charge in [-0.25, -0.2) is 0 Å². The predicted molar refractivity (Wildman–Crippen MR) is 93.0 cm³/mol. The van der Waals surface area contributed by atoms with Gasteiger partial charge in [-0.15, -0.1) is 0 Å². The lowest BCUT2D eigenvalue weighted by Gasteiger charge is -2.09. The van der Waals surface area contributed by atoms with Crippen molar-refractivity contribution in [3.63, 3.8) is 0 Å². The third-order valence-corrected chi connectivity index (χ3v) is 3.46. The van der Waals surface area contributed by atoms with Crippen LogP contribution in [-0.4, -0.2) is 4.99 Å². The Morgan fingerprint density at radius 2 is 1.30 bits per heavy atom. The zero-order valence-electron chi connectivity index (χ0n) is 14.2. The van der Waals surface area contributed by atoms with Gasteiger partial charge in [0.05, 0.1) is 22.8 Å². The maximum absolute atomic E-state index is 12.3. The maximum Gasteiger partial charge on any atom is 0.416 e. The van der Waals surface area contributed by atoms with Gasteiger partial charge in [0.1, 0.15) is 4.99 Å². The van der Waals surface area contributed by atoms with Gasteiger partial charge >= 0.3 is 12.4 Å². The van der Waals surface area contributed by atoms with E-state index < -0.39 is 23.5 Å². The molecule has 2 N–H and O–H groups in total. The molecular weight excluding hydrogens is 390 g/mol. The van der Waals surface area contributed by atoms with Crippen LogP contribution >= 0.6 is 12.2 Å². The molecule has 0 aliphatic heterocycles. The molecule has 2 aromatic carbocycles. The molecule has 0 aliphatic rings. The topological polar surface area (TPSA) is 49.8 Å². The molecule has 0 bridgehead atoms. The molecule has 0 heterocycles. The number of nitrogens with two attached hydrogens (primary N) is 1. The minimum absolute atomic E-state index is 0.0285. The summed E-state index contributed by atoms with van der Waals surface area (Å²) in [4.78, 5) is -0.0285. The first-order valence-corrected chi connectivity index (χ1v) is 7.72. The fourth-order valence-corrected chi connectivity index (χ4v) is 2.22. The quantitative estimate of drug-likeness (QED) is 0.502. The van der Waals surface area contributed by atoms with Crippen molar-refractivity contribution >= 4 is 17.2 Å². The molecule has 27 heavy (non-hydrogen) atoms. The number of nitrogens with zero attached hydrogens (tertiary/aromatic N) is 1. The summed E-state index contributed by atoms with van der Waals surface area (Å²) in [6, 6.07) is 8.48. The van der Waals surface area contributed by atoms with E-state index >= 15 is 0 Å². The molecule has 0 fully saturated rings. The number of thiocarbonyl (C=S) groups is 1. The number of hydrogen-bond acceptors (Lipinski definition) is 2. The zero-order chi connectivity index (χ0) is 21.0. The summed E-state index contributed by atoms with van der Waals surface area (Å²) in [5.74, 6) is 0. The highest BCUT2D eigenvalue weighted by atomic mass is 32.1. The van der Waals surface area contributed by atoms with E-state index in [0.29, 0.717) is 11.1 Å². The highest BCUT2D eigenvalue weighted by molar-refractivity contribution is 7.80. The number of hydrogen-bond donors (Lipinski definition) is 1. The number of alkyl halides is 6. The lowest BCUT2D eigenvalue weighted by Crippen LogP contribution is -2.12. The van der Waals surface area contributed by atoms with Crippen LogP contribution in [0.4, 0.5) is 26.3 Å². The summed E-state index contributed by atoms with van der Waals surface area (Å²) < 4.78 is 73.5. The number of halogens is 6. The molecule has 2 nitrogen and oxygen atoms in total. The first-order chi connectivity index (χ1) is 12.2. The lowest BCUT2D eigenvalue weighted by atomic mass is 10.1. The molecule has 0 atom stereocenters. The van der Waals surface area contributed by atoms with Crippen molar-refractivity contribution in [2.24, 2.45) is 5.73 Å². The summed E-state index contributed by atoms with van der Waals surface area (Å²) >= 11 is 4.61. The average molecular weight is 404 g/mol. The van der Waals surface area contributed by atoms with E-state index in [-0.39, 0.29) is 16.1 Å². The summed E-state index contributed by atoms with van der Waals surface area (Å²) in [6.45, 7) is 3.09. The minimum Gasteiger partial charge on any atom is -0.389 e. The zero-order valence-corrected chi connectivity index (χ0v) is 15.0. The van der Waals surface area contributed by atoms with Gasteiger partial charge in [-0.2, -0.15) is 31.6 Å². The van der Waals surface area contributed by atoms with Crippen molar-refractivity contribution in [2.75, 3.05) is 0 Å². The third kappa shape index (κ3) is 6.90. The Labute approximate surface area is 157 Å². The minimum atomic E-state index is -4.38. The summed E-state index contributed by atoms with van der Waals surface area (Å²) in [7, 11) is 0. The Bertz CT molecular complexity index is 879. The van der Waals surface area contributed by atoms with Crippen molar-refractivity contribution in [1.29, 1.82) is 5.26 Å². The second-order valence-corrected chi connectivity index (χ2v) is 6.09. The molecule has 144 valence electrons. The van der Waals surface area contributed by atoms with Gasteiger partial charge < -0.3 is 5.73 Å². The van der Waals surface area contributed by atoms with Crippen molar-refractivity contribution in [2.45, 2.75) is 26.2 Å². The predicted octanol–water partition coefficient (Wildman–Crippen LogP) is 5.53. The Kier molecular flexibility index (Phi) is 6.98. The molecule has 0 radical (unpaired) electrons. The van der Waals surface area contributed by atoms with Crippen molar-refractivity contribution in [3.05, 3.63) is 69.8 Å². The largest absolute Gasteiger partial charge is 0.416 e. The number of aryl methyl sites for hydroxylation is 2. The van der Waals surface area contributed by atoms with E-state index in [1.54, 1.807) is 13.0 Å². The van der Waals surface area contributed by atoms with Gasteiger partial charge in [-0.1, -0.05) is 12.2 Å². The Morgan fingerprint density at radius 3 is 1.70 bits per heavy atom. The molecule has 9 heteroatoms. The van der Waals surface area contributed by atoms with Crippen LogP contribution in [0, 0.1) is 25.2 Å². The van der Waals surface area contributed by atoms with Gasteiger partial charge in [-0.05, 0) is 61.4 Å². The molecule has 2 rings (SSSR count). The highest BCUT2D eigenvalue weighted by Gasteiger charge is 2.31.